The summed E-state index contributed by atoms with van der Waals surface area (Å²) in [5.41, 5.74) is 0.810. The molecule has 0 bridgehead atoms. The molecular formula is C26H43NO4. The lowest BCUT2D eigenvalue weighted by molar-refractivity contribution is -0.138. The van der Waals surface area contributed by atoms with Crippen LogP contribution >= 0.6 is 0 Å². The summed E-state index contributed by atoms with van der Waals surface area (Å²) in [5, 5.41) is 21.5. The third kappa shape index (κ3) is 4.16. The van der Waals surface area contributed by atoms with Crippen molar-refractivity contribution in [2.45, 2.75) is 97.5 Å². The molecule has 0 heterocycles. The summed E-state index contributed by atoms with van der Waals surface area (Å²) >= 11 is 0. The molecule has 0 aliphatic heterocycles. The molecule has 2 unspecified atom stereocenters. The zero-order valence-corrected chi connectivity index (χ0v) is 19.7. The molecule has 0 saturated heterocycles. The third-order valence-electron chi connectivity index (χ3n) is 10.7. The summed E-state index contributed by atoms with van der Waals surface area (Å²) in [6, 6.07) is 0. The molecule has 176 valence electrons. The van der Waals surface area contributed by atoms with Crippen LogP contribution in [0.25, 0.3) is 0 Å². The number of carbonyl (C=O) groups is 2. The van der Waals surface area contributed by atoms with Crippen LogP contribution in [0.3, 0.4) is 0 Å². The fourth-order valence-electron chi connectivity index (χ4n) is 9.03. The van der Waals surface area contributed by atoms with Gasteiger partial charge in [0, 0.05) is 6.42 Å². The summed E-state index contributed by atoms with van der Waals surface area (Å²) in [4.78, 5) is 22.7. The molecule has 31 heavy (non-hydrogen) atoms. The highest BCUT2D eigenvalue weighted by Crippen LogP contribution is 2.68. The first-order valence-electron chi connectivity index (χ1n) is 12.8. The van der Waals surface area contributed by atoms with Crippen LogP contribution in [0.15, 0.2) is 0 Å². The molecule has 4 rings (SSSR count). The molecule has 0 aromatic heterocycles. The van der Waals surface area contributed by atoms with E-state index >= 15 is 0 Å². The summed E-state index contributed by atoms with van der Waals surface area (Å²) in [6.45, 7) is 7.13. The van der Waals surface area contributed by atoms with Crippen molar-refractivity contribution in [1.29, 1.82) is 0 Å². The molecule has 4 saturated carbocycles. The minimum Gasteiger partial charge on any atom is -0.480 e. The van der Waals surface area contributed by atoms with E-state index in [1.54, 1.807) is 0 Å². The summed E-state index contributed by atoms with van der Waals surface area (Å²) in [6.07, 6.45) is 12.3. The highest BCUT2D eigenvalue weighted by Gasteiger charge is 2.60. The first kappa shape index (κ1) is 23.1. The van der Waals surface area contributed by atoms with Gasteiger partial charge in [0.1, 0.15) is 6.54 Å². The van der Waals surface area contributed by atoms with Crippen LogP contribution in [0.1, 0.15) is 91.4 Å². The zero-order valence-electron chi connectivity index (χ0n) is 19.7. The maximum absolute atomic E-state index is 12.0. The lowest BCUT2D eigenvalue weighted by Crippen LogP contribution is -2.54. The predicted octanol–water partition coefficient (Wildman–Crippen LogP) is 4.62. The topological polar surface area (TPSA) is 86.6 Å². The number of hydrogen-bond donors (Lipinski definition) is 3. The lowest BCUT2D eigenvalue weighted by Gasteiger charge is -2.61. The lowest BCUT2D eigenvalue weighted by atomic mass is 9.44. The molecular weight excluding hydrogens is 390 g/mol. The Bertz CT molecular complexity index is 695. The van der Waals surface area contributed by atoms with Crippen LogP contribution in [0.4, 0.5) is 0 Å². The van der Waals surface area contributed by atoms with Crippen molar-refractivity contribution in [1.82, 2.24) is 5.32 Å². The molecule has 3 N–H and O–H groups in total. The predicted molar refractivity (Wildman–Crippen MR) is 120 cm³/mol. The van der Waals surface area contributed by atoms with Gasteiger partial charge in [0.15, 0.2) is 0 Å². The molecule has 5 heteroatoms. The van der Waals surface area contributed by atoms with Gasteiger partial charge in [-0.15, -0.1) is 0 Å². The summed E-state index contributed by atoms with van der Waals surface area (Å²) in [5.74, 6) is 3.23. The number of amides is 1. The van der Waals surface area contributed by atoms with Gasteiger partial charge in [-0.1, -0.05) is 20.8 Å². The van der Waals surface area contributed by atoms with E-state index in [0.29, 0.717) is 35.0 Å². The maximum Gasteiger partial charge on any atom is 0.322 e. The van der Waals surface area contributed by atoms with Gasteiger partial charge < -0.3 is 15.5 Å². The molecule has 9 atom stereocenters. The molecule has 0 radical (unpaired) electrons. The molecule has 0 aromatic rings. The van der Waals surface area contributed by atoms with Crippen LogP contribution in [-0.2, 0) is 9.59 Å². The monoisotopic (exact) mass is 433 g/mol. The van der Waals surface area contributed by atoms with Gasteiger partial charge in [-0.2, -0.15) is 0 Å². The first-order chi connectivity index (χ1) is 14.6. The van der Waals surface area contributed by atoms with Crippen molar-refractivity contribution >= 4 is 11.9 Å². The summed E-state index contributed by atoms with van der Waals surface area (Å²) in [7, 11) is 0. The van der Waals surface area contributed by atoms with E-state index in [2.05, 4.69) is 26.1 Å². The van der Waals surface area contributed by atoms with E-state index < -0.39 is 5.97 Å². The molecule has 1 amide bonds. The van der Waals surface area contributed by atoms with E-state index in [4.69, 9.17) is 5.11 Å². The fraction of sp³-hybridized carbons (Fsp3) is 0.923. The molecule has 4 aliphatic rings. The smallest absolute Gasteiger partial charge is 0.322 e. The maximum atomic E-state index is 12.0. The molecule has 0 spiro atoms. The Morgan fingerprint density at radius 3 is 2.45 bits per heavy atom. The van der Waals surface area contributed by atoms with E-state index in [9.17, 15) is 14.7 Å². The number of rotatable bonds is 6. The van der Waals surface area contributed by atoms with Crippen LogP contribution < -0.4 is 5.32 Å². The average Bonchev–Trinajstić information content (AvgIpc) is 3.08. The third-order valence-corrected chi connectivity index (χ3v) is 10.7. The van der Waals surface area contributed by atoms with Gasteiger partial charge in [0.2, 0.25) is 5.91 Å². The number of nitrogens with one attached hydrogen (secondary N) is 1. The van der Waals surface area contributed by atoms with Crippen molar-refractivity contribution in [3.63, 3.8) is 0 Å². The standard InChI is InChI=1S/C26H43NO4/c1-16(4-9-23(29)27-15-24(30)31)20-7-8-21-19-6-5-17-14-18(28)10-12-25(17,2)22(19)11-13-26(20,21)3/h16-22,28H,4-15H2,1-3H3,(H,27,29)(H,30,31)/t16?,17-,18?,19+,20-,21+,22-,25+,26-/m1/s1. The quantitative estimate of drug-likeness (QED) is 0.570. The fourth-order valence-corrected chi connectivity index (χ4v) is 9.03. The largest absolute Gasteiger partial charge is 0.480 e. The van der Waals surface area contributed by atoms with Crippen LogP contribution in [0.2, 0.25) is 0 Å². The van der Waals surface area contributed by atoms with Crippen LogP contribution in [0, 0.1) is 46.3 Å². The number of aliphatic carboxylic acids is 1. The first-order valence-corrected chi connectivity index (χ1v) is 12.8. The Labute approximate surface area is 187 Å². The van der Waals surface area contributed by atoms with Crippen LogP contribution in [-0.4, -0.2) is 34.7 Å². The Morgan fingerprint density at radius 1 is 1.00 bits per heavy atom. The van der Waals surface area contributed by atoms with E-state index in [1.807, 2.05) is 0 Å². The van der Waals surface area contributed by atoms with Gasteiger partial charge in [-0.25, -0.2) is 0 Å². The van der Waals surface area contributed by atoms with Crippen LogP contribution in [0.5, 0.6) is 0 Å². The number of aliphatic hydroxyl groups is 1. The Morgan fingerprint density at radius 2 is 1.71 bits per heavy atom. The van der Waals surface area contributed by atoms with E-state index in [0.717, 1.165) is 37.0 Å². The van der Waals surface area contributed by atoms with Crippen molar-refractivity contribution in [2.24, 2.45) is 46.3 Å². The number of aliphatic hydroxyl groups excluding tert-OH is 1. The Kier molecular flexibility index (Phi) is 6.46. The number of carboxylic acids is 1. The van der Waals surface area contributed by atoms with E-state index in [1.165, 1.54) is 44.9 Å². The number of hydrogen-bond acceptors (Lipinski definition) is 3. The van der Waals surface area contributed by atoms with Crippen molar-refractivity contribution < 1.29 is 19.8 Å². The molecule has 4 fully saturated rings. The highest BCUT2D eigenvalue weighted by molar-refractivity contribution is 5.81. The van der Waals surface area contributed by atoms with Crippen molar-refractivity contribution in [3.05, 3.63) is 0 Å². The normalized spacial score (nSPS) is 45.2. The number of fused-ring (bicyclic) bond motifs is 5. The average molecular weight is 434 g/mol. The zero-order chi connectivity index (χ0) is 22.4. The highest BCUT2D eigenvalue weighted by atomic mass is 16.4. The van der Waals surface area contributed by atoms with Gasteiger partial charge >= 0.3 is 5.97 Å². The SMILES string of the molecule is CC(CCC(=O)NCC(=O)O)[C@H]1CC[C@H]2[C@@H]3CC[C@@H]4CC(O)CC[C@]4(C)[C@@H]3CC[C@]12C. The molecule has 4 aliphatic carbocycles. The summed E-state index contributed by atoms with van der Waals surface area (Å²) < 4.78 is 0. The Balaban J connectivity index is 1.40. The second-order valence-corrected chi connectivity index (χ2v) is 12.0. The van der Waals surface area contributed by atoms with Gasteiger partial charge in [-0.3, -0.25) is 9.59 Å². The van der Waals surface area contributed by atoms with Gasteiger partial charge in [-0.05, 0) is 111 Å². The van der Waals surface area contributed by atoms with Gasteiger partial charge in [0.05, 0.1) is 6.10 Å². The second kappa shape index (κ2) is 8.68. The van der Waals surface area contributed by atoms with Crippen molar-refractivity contribution in [2.75, 3.05) is 6.54 Å². The molecule has 5 nitrogen and oxygen atoms in total. The Hall–Kier alpha value is -1.10. The van der Waals surface area contributed by atoms with Gasteiger partial charge in [0.25, 0.3) is 0 Å². The molecule has 0 aromatic carbocycles. The van der Waals surface area contributed by atoms with E-state index in [-0.39, 0.29) is 18.6 Å². The minimum atomic E-state index is -0.986. The number of carbonyl (C=O) groups excluding carboxylic acids is 1. The second-order valence-electron chi connectivity index (χ2n) is 12.0. The van der Waals surface area contributed by atoms with Crippen molar-refractivity contribution in [3.8, 4) is 0 Å². The number of carboxylic acid groups (broad SMARTS) is 1. The minimum absolute atomic E-state index is 0.0760.